The highest BCUT2D eigenvalue weighted by Gasteiger charge is 2.31. The molecule has 1 unspecified atom stereocenters. The molecule has 1 aliphatic heterocycles. The van der Waals surface area contributed by atoms with Crippen molar-refractivity contribution in [2.75, 3.05) is 27.7 Å². The Kier molecular flexibility index (Phi) is 5.84. The van der Waals surface area contributed by atoms with Crippen LogP contribution in [-0.4, -0.2) is 44.6 Å². The second-order valence-corrected chi connectivity index (χ2v) is 9.90. The zero-order valence-electron chi connectivity index (χ0n) is 20.1. The number of carbonyl (C=O) groups excluding carboxylic acids is 1. The third-order valence-electron chi connectivity index (χ3n) is 6.69. The summed E-state index contributed by atoms with van der Waals surface area (Å²) in [5.74, 6) is 0.883. The van der Waals surface area contributed by atoms with E-state index < -0.39 is 0 Å². The molecule has 0 saturated heterocycles. The lowest BCUT2D eigenvalue weighted by Gasteiger charge is -2.37. The van der Waals surface area contributed by atoms with E-state index in [0.29, 0.717) is 13.2 Å². The van der Waals surface area contributed by atoms with E-state index >= 15 is 0 Å². The number of hydrogen-bond donors (Lipinski definition) is 0. The summed E-state index contributed by atoms with van der Waals surface area (Å²) in [6.07, 6.45) is 0.781. The van der Waals surface area contributed by atoms with E-state index in [0.717, 1.165) is 33.0 Å². The Hall–Kier alpha value is -3.63. The van der Waals surface area contributed by atoms with Gasteiger partial charge >= 0.3 is 0 Å². The van der Waals surface area contributed by atoms with Gasteiger partial charge in [-0.3, -0.25) is 9.28 Å². The second-order valence-electron chi connectivity index (χ2n) is 9.90. The van der Waals surface area contributed by atoms with Crippen LogP contribution in [0.2, 0.25) is 0 Å². The molecule has 1 amide bonds. The van der Waals surface area contributed by atoms with Crippen LogP contribution in [-0.2, 0) is 13.0 Å². The van der Waals surface area contributed by atoms with E-state index in [9.17, 15) is 4.79 Å². The number of quaternary nitrogens is 1. The molecule has 1 aliphatic rings. The van der Waals surface area contributed by atoms with E-state index in [-0.39, 0.29) is 11.9 Å². The molecule has 4 aromatic carbocycles. The van der Waals surface area contributed by atoms with Gasteiger partial charge in [0.15, 0.2) is 0 Å². The van der Waals surface area contributed by atoms with Crippen molar-refractivity contribution in [1.82, 2.24) is 9.38 Å². The lowest BCUT2D eigenvalue weighted by Crippen LogP contribution is -2.47. The van der Waals surface area contributed by atoms with Gasteiger partial charge in [0.2, 0.25) is 0 Å². The fourth-order valence-corrected chi connectivity index (χ4v) is 4.72. The van der Waals surface area contributed by atoms with Gasteiger partial charge in [-0.2, -0.15) is 0 Å². The van der Waals surface area contributed by atoms with Crippen LogP contribution in [0.3, 0.4) is 0 Å². The van der Waals surface area contributed by atoms with Gasteiger partial charge in [0.25, 0.3) is 5.91 Å². The van der Waals surface area contributed by atoms with E-state index in [4.69, 9.17) is 4.74 Å². The molecular formula is C30H31N2O2+. The van der Waals surface area contributed by atoms with Gasteiger partial charge in [-0.1, -0.05) is 60.7 Å². The summed E-state index contributed by atoms with van der Waals surface area (Å²) >= 11 is 0. The maximum absolute atomic E-state index is 13.9. The normalized spacial score (nSPS) is 15.7. The van der Waals surface area contributed by atoms with E-state index in [1.165, 1.54) is 16.8 Å². The van der Waals surface area contributed by atoms with Crippen molar-refractivity contribution in [3.63, 3.8) is 0 Å². The molecule has 0 saturated carbocycles. The number of benzene rings is 4. The van der Waals surface area contributed by atoms with Crippen molar-refractivity contribution in [3.05, 3.63) is 108 Å². The van der Waals surface area contributed by atoms with Gasteiger partial charge in [0, 0.05) is 24.2 Å². The number of hydrogen-bond acceptors (Lipinski definition) is 2. The summed E-state index contributed by atoms with van der Waals surface area (Å²) in [4.78, 5) is 15.9. The number of fused-ring (bicyclic) bond motifs is 2. The summed E-state index contributed by atoms with van der Waals surface area (Å²) < 4.78 is 6.99. The van der Waals surface area contributed by atoms with Crippen molar-refractivity contribution >= 4 is 22.4 Å². The number of amides is 1. The highest BCUT2D eigenvalue weighted by atomic mass is 16.5. The number of rotatable bonds is 5. The van der Waals surface area contributed by atoms with Gasteiger partial charge in [0.05, 0.1) is 27.2 Å². The number of nitrogens with zero attached hydrogens (tertiary/aromatic N) is 2. The first-order valence-electron chi connectivity index (χ1n) is 11.8. The lowest BCUT2D eigenvalue weighted by molar-refractivity contribution is 0.0568. The van der Waals surface area contributed by atoms with Crippen molar-refractivity contribution in [1.29, 1.82) is 0 Å². The molecule has 4 nitrogen and oxygen atoms in total. The molecule has 0 aromatic heterocycles. The highest BCUT2D eigenvalue weighted by Crippen LogP contribution is 2.28. The molecule has 4 aromatic rings. The Morgan fingerprint density at radius 1 is 0.853 bits per heavy atom. The first-order chi connectivity index (χ1) is 16.4. The average Bonchev–Trinajstić information content (AvgIpc) is 2.86. The Balaban J connectivity index is 1.42. The quantitative estimate of drug-likeness (QED) is 0.365. The molecule has 1 atom stereocenters. The Morgan fingerprint density at radius 2 is 1.53 bits per heavy atom. The fraction of sp³-hybridized carbons (Fsp3) is 0.233. The van der Waals surface area contributed by atoms with Crippen LogP contribution in [0, 0.1) is 0 Å². The first-order valence-corrected chi connectivity index (χ1v) is 11.8. The van der Waals surface area contributed by atoms with Gasteiger partial charge < -0.3 is 9.64 Å². The number of carbonyl (C=O) groups is 1. The minimum atomic E-state index is -0.0422. The van der Waals surface area contributed by atoms with Gasteiger partial charge in [-0.15, -0.1) is 0 Å². The standard InChI is InChI=1S/C30H31N2O2/c1-32(2,3)26-15-17-27(18-16-26)34-21-25-19-23-10-4-5-11-24(23)20-31(25)30(33)29-14-8-12-22-9-6-7-13-28(22)29/h4-18,25H,19-21H2,1-3H3/q+1. The Bertz CT molecular complexity index is 1320. The van der Waals surface area contributed by atoms with Gasteiger partial charge in [-0.25, -0.2) is 0 Å². The molecule has 0 radical (unpaired) electrons. The fourth-order valence-electron chi connectivity index (χ4n) is 4.72. The molecule has 0 N–H and O–H groups in total. The topological polar surface area (TPSA) is 29.5 Å². The maximum atomic E-state index is 13.9. The van der Waals surface area contributed by atoms with E-state index in [1.54, 1.807) is 0 Å². The first kappa shape index (κ1) is 22.2. The molecule has 4 heteroatoms. The van der Waals surface area contributed by atoms with Crippen molar-refractivity contribution < 1.29 is 9.53 Å². The monoisotopic (exact) mass is 451 g/mol. The summed E-state index contributed by atoms with van der Waals surface area (Å²) in [6, 6.07) is 30.6. The van der Waals surface area contributed by atoms with Crippen LogP contribution in [0.5, 0.6) is 5.75 Å². The highest BCUT2D eigenvalue weighted by molar-refractivity contribution is 6.07. The molecule has 5 rings (SSSR count). The van der Waals surface area contributed by atoms with Crippen LogP contribution in [0.25, 0.3) is 10.8 Å². The zero-order valence-corrected chi connectivity index (χ0v) is 20.1. The average molecular weight is 452 g/mol. The van der Waals surface area contributed by atoms with Crippen molar-refractivity contribution in [3.8, 4) is 5.75 Å². The minimum Gasteiger partial charge on any atom is -0.491 e. The predicted octanol–water partition coefficient (Wildman–Crippen LogP) is 5.68. The third kappa shape index (κ3) is 4.42. The second kappa shape index (κ2) is 8.96. The molecule has 0 fully saturated rings. The summed E-state index contributed by atoms with van der Waals surface area (Å²) in [7, 11) is 6.43. The van der Waals surface area contributed by atoms with Crippen molar-refractivity contribution in [2.24, 2.45) is 0 Å². The van der Waals surface area contributed by atoms with Crippen LogP contribution in [0.4, 0.5) is 5.69 Å². The van der Waals surface area contributed by atoms with Crippen LogP contribution >= 0.6 is 0 Å². The summed E-state index contributed by atoms with van der Waals surface area (Å²) in [5, 5.41) is 2.07. The molecule has 1 heterocycles. The number of ether oxygens (including phenoxy) is 1. The lowest BCUT2D eigenvalue weighted by atomic mass is 9.93. The van der Waals surface area contributed by atoms with E-state index in [1.807, 2.05) is 53.4 Å². The Morgan fingerprint density at radius 3 is 2.29 bits per heavy atom. The summed E-state index contributed by atoms with van der Waals surface area (Å²) in [5.41, 5.74) is 4.46. The predicted molar refractivity (Wildman–Crippen MR) is 139 cm³/mol. The zero-order chi connectivity index (χ0) is 23.7. The van der Waals surface area contributed by atoms with Crippen molar-refractivity contribution in [2.45, 2.75) is 19.0 Å². The maximum Gasteiger partial charge on any atom is 0.255 e. The molecule has 0 aliphatic carbocycles. The third-order valence-corrected chi connectivity index (χ3v) is 6.69. The minimum absolute atomic E-state index is 0.0422. The molecule has 34 heavy (non-hydrogen) atoms. The molecular weight excluding hydrogens is 420 g/mol. The van der Waals surface area contributed by atoms with Crippen LogP contribution in [0.1, 0.15) is 21.5 Å². The van der Waals surface area contributed by atoms with E-state index in [2.05, 4.69) is 63.6 Å². The van der Waals surface area contributed by atoms with Crippen LogP contribution in [0.15, 0.2) is 91.0 Å². The summed E-state index contributed by atoms with van der Waals surface area (Å²) in [6.45, 7) is 1.04. The molecule has 0 spiro atoms. The van der Waals surface area contributed by atoms with Gasteiger partial charge in [-0.05, 0) is 46.5 Å². The smallest absolute Gasteiger partial charge is 0.255 e. The molecule has 172 valence electrons. The Labute approximate surface area is 201 Å². The molecule has 0 bridgehead atoms. The largest absolute Gasteiger partial charge is 0.491 e. The SMILES string of the molecule is C[N+](C)(C)c1ccc(OCC2Cc3ccccc3CN2C(=O)c2cccc3ccccc23)cc1. The van der Waals surface area contributed by atoms with Crippen LogP contribution < -0.4 is 9.22 Å². The van der Waals surface area contributed by atoms with Gasteiger partial charge in [0.1, 0.15) is 18.0 Å².